The van der Waals surface area contributed by atoms with Crippen molar-refractivity contribution in [2.24, 2.45) is 0 Å². The number of carbonyl (C=O) groups excluding carboxylic acids is 2. The van der Waals surface area contributed by atoms with Crippen LogP contribution in [0.1, 0.15) is 31.8 Å². The first kappa shape index (κ1) is 37.0. The van der Waals surface area contributed by atoms with Crippen molar-refractivity contribution < 1.29 is 57.7 Å². The van der Waals surface area contributed by atoms with Crippen molar-refractivity contribution in [2.75, 3.05) is 42.7 Å². The van der Waals surface area contributed by atoms with Crippen molar-refractivity contribution in [3.63, 3.8) is 0 Å². The Labute approximate surface area is 310 Å². The highest BCUT2D eigenvalue weighted by Gasteiger charge is 2.35. The molecule has 6 aromatic rings. The molecule has 12 heteroatoms. The minimum Gasteiger partial charge on any atom is -0.506 e. The lowest BCUT2D eigenvalue weighted by molar-refractivity contribution is 0.0582. The first-order valence-corrected chi connectivity index (χ1v) is 16.6. The van der Waals surface area contributed by atoms with E-state index >= 15 is 0 Å². The molecule has 0 bridgehead atoms. The van der Waals surface area contributed by atoms with Gasteiger partial charge in [0.05, 0.1) is 42.7 Å². The first-order chi connectivity index (χ1) is 26.2. The van der Waals surface area contributed by atoms with Gasteiger partial charge in [-0.15, -0.1) is 0 Å². The Bertz CT molecular complexity index is 2190. The van der Waals surface area contributed by atoms with Crippen LogP contribution in [0.3, 0.4) is 0 Å². The summed E-state index contributed by atoms with van der Waals surface area (Å²) in [6.45, 7) is -0.124. The number of benzene rings is 6. The van der Waals surface area contributed by atoms with E-state index in [1.54, 1.807) is 12.1 Å². The number of methoxy groups -OCH3 is 6. The number of rotatable bonds is 13. The van der Waals surface area contributed by atoms with Crippen molar-refractivity contribution >= 4 is 33.5 Å². The van der Waals surface area contributed by atoms with Crippen molar-refractivity contribution in [1.29, 1.82) is 0 Å². The third-order valence-electron chi connectivity index (χ3n) is 8.96. The van der Waals surface area contributed by atoms with Crippen molar-refractivity contribution in [3.8, 4) is 57.1 Å². The number of esters is 2. The quantitative estimate of drug-likeness (QED) is 0.111. The van der Waals surface area contributed by atoms with Crippen LogP contribution in [0.25, 0.3) is 32.7 Å². The molecular formula is C42H38O12. The van der Waals surface area contributed by atoms with Crippen LogP contribution in [-0.4, -0.2) is 64.8 Å². The van der Waals surface area contributed by atoms with Gasteiger partial charge in [-0.25, -0.2) is 9.59 Å². The van der Waals surface area contributed by atoms with Crippen LogP contribution in [0, 0.1) is 0 Å². The highest BCUT2D eigenvalue weighted by molar-refractivity contribution is 6.20. The Morgan fingerprint density at radius 1 is 0.481 bits per heavy atom. The highest BCUT2D eigenvalue weighted by Crippen LogP contribution is 2.56. The predicted molar refractivity (Wildman–Crippen MR) is 201 cm³/mol. The lowest BCUT2D eigenvalue weighted by Crippen LogP contribution is -2.11. The summed E-state index contributed by atoms with van der Waals surface area (Å²) in [6, 6.07) is 24.6. The average Bonchev–Trinajstić information content (AvgIpc) is 3.21. The Balaban J connectivity index is 1.88. The number of carbonyl (C=O) groups is 2. The normalized spacial score (nSPS) is 10.9. The van der Waals surface area contributed by atoms with Gasteiger partial charge in [0.2, 0.25) is 0 Å². The van der Waals surface area contributed by atoms with E-state index in [1.807, 2.05) is 60.7 Å². The number of fused-ring (bicyclic) bond motifs is 2. The van der Waals surface area contributed by atoms with Crippen LogP contribution in [0.15, 0.2) is 84.9 Å². The maximum Gasteiger partial charge on any atom is 0.345 e. The van der Waals surface area contributed by atoms with Gasteiger partial charge in [-0.2, -0.15) is 0 Å². The molecule has 6 aromatic carbocycles. The number of hydrogen-bond acceptors (Lipinski definition) is 12. The molecule has 0 radical (unpaired) electrons. The molecule has 0 aliphatic carbocycles. The van der Waals surface area contributed by atoms with Gasteiger partial charge in [0, 0.05) is 32.7 Å². The van der Waals surface area contributed by atoms with Gasteiger partial charge in [0.1, 0.15) is 47.3 Å². The van der Waals surface area contributed by atoms with Crippen molar-refractivity contribution in [2.45, 2.75) is 13.2 Å². The van der Waals surface area contributed by atoms with Crippen LogP contribution in [0.4, 0.5) is 0 Å². The monoisotopic (exact) mass is 734 g/mol. The molecule has 0 aromatic heterocycles. The fraction of sp³-hybridized carbons (Fsp3) is 0.190. The fourth-order valence-corrected chi connectivity index (χ4v) is 6.37. The molecule has 0 aliphatic heterocycles. The molecule has 0 unspecified atom stereocenters. The maximum atomic E-state index is 13.8. The second-order valence-electron chi connectivity index (χ2n) is 11.9. The summed E-state index contributed by atoms with van der Waals surface area (Å²) in [4.78, 5) is 27.6. The highest BCUT2D eigenvalue weighted by atomic mass is 16.5. The molecule has 12 nitrogen and oxygen atoms in total. The molecule has 0 spiro atoms. The van der Waals surface area contributed by atoms with E-state index < -0.39 is 23.4 Å². The minimum atomic E-state index is -0.921. The SMILES string of the molecule is COC(=O)c1c(OCc2ccccc2)c(-c2c(OCc3ccccc3)c(C(=O)OC)c(O)c3cc(OC)c(OC)cc23)c2cc(OC)c(OC)cc2c1O. The topological polar surface area (TPSA) is 148 Å². The Morgan fingerprint density at radius 3 is 1.09 bits per heavy atom. The summed E-state index contributed by atoms with van der Waals surface area (Å²) < 4.78 is 46.2. The Hall–Kier alpha value is -6.82. The smallest absolute Gasteiger partial charge is 0.345 e. The zero-order valence-corrected chi connectivity index (χ0v) is 30.5. The molecule has 0 fully saturated rings. The lowest BCUT2D eigenvalue weighted by atomic mass is 9.87. The summed E-state index contributed by atoms with van der Waals surface area (Å²) in [5.41, 5.74) is 1.18. The van der Waals surface area contributed by atoms with E-state index in [4.69, 9.17) is 37.9 Å². The fourth-order valence-electron chi connectivity index (χ4n) is 6.37. The minimum absolute atomic E-state index is 0.0622. The second-order valence-corrected chi connectivity index (χ2v) is 11.9. The first-order valence-electron chi connectivity index (χ1n) is 16.6. The zero-order valence-electron chi connectivity index (χ0n) is 30.5. The molecule has 6 rings (SSSR count). The summed E-state index contributed by atoms with van der Waals surface area (Å²) in [5.74, 6) is -1.98. The molecule has 278 valence electrons. The predicted octanol–water partition coefficient (Wildman–Crippen LogP) is 7.84. The van der Waals surface area contributed by atoms with Gasteiger partial charge < -0.3 is 48.1 Å². The summed E-state index contributed by atoms with van der Waals surface area (Å²) in [7, 11) is 8.14. The lowest BCUT2D eigenvalue weighted by Gasteiger charge is -2.25. The number of ether oxygens (including phenoxy) is 8. The molecule has 0 amide bonds. The van der Waals surface area contributed by atoms with Gasteiger partial charge >= 0.3 is 11.9 Å². The van der Waals surface area contributed by atoms with E-state index in [-0.39, 0.29) is 80.7 Å². The van der Waals surface area contributed by atoms with Crippen LogP contribution in [0.5, 0.6) is 46.0 Å². The average molecular weight is 735 g/mol. The molecule has 0 saturated heterocycles. The van der Waals surface area contributed by atoms with Gasteiger partial charge in [0.25, 0.3) is 0 Å². The molecule has 0 heterocycles. The van der Waals surface area contributed by atoms with Gasteiger partial charge in [-0.1, -0.05) is 60.7 Å². The Kier molecular flexibility index (Phi) is 10.8. The second kappa shape index (κ2) is 15.8. The third kappa shape index (κ3) is 6.65. The van der Waals surface area contributed by atoms with Crippen LogP contribution < -0.4 is 28.4 Å². The zero-order chi connectivity index (χ0) is 38.5. The van der Waals surface area contributed by atoms with Crippen LogP contribution >= 0.6 is 0 Å². The van der Waals surface area contributed by atoms with E-state index in [9.17, 15) is 19.8 Å². The maximum absolute atomic E-state index is 13.8. The summed E-state index contributed by atoms with van der Waals surface area (Å²) in [6.07, 6.45) is 0. The summed E-state index contributed by atoms with van der Waals surface area (Å²) in [5, 5.41) is 24.7. The third-order valence-corrected chi connectivity index (χ3v) is 8.96. The van der Waals surface area contributed by atoms with Crippen molar-refractivity contribution in [3.05, 3.63) is 107 Å². The standard InChI is InChI=1S/C42H38O12/c1-47-29-17-25-27(19-31(29)49-3)37(43)35(41(45)51-5)39(53-21-23-13-9-7-10-14-23)33(25)34-26-18-30(48-2)32(50-4)20-28(26)38(44)36(42(46)52-6)40(34)54-22-24-15-11-8-12-16-24/h7-20,43-44H,21-22H2,1-6H3. The van der Waals surface area contributed by atoms with Crippen LogP contribution in [0.2, 0.25) is 0 Å². The number of hydrogen-bond donors (Lipinski definition) is 2. The van der Waals surface area contributed by atoms with Crippen LogP contribution in [-0.2, 0) is 22.7 Å². The molecule has 0 atom stereocenters. The summed E-state index contributed by atoms with van der Waals surface area (Å²) >= 11 is 0. The molecular weight excluding hydrogens is 696 g/mol. The van der Waals surface area contributed by atoms with E-state index in [1.165, 1.54) is 54.8 Å². The van der Waals surface area contributed by atoms with E-state index in [0.29, 0.717) is 10.8 Å². The number of phenols is 2. The molecule has 2 N–H and O–H groups in total. The largest absolute Gasteiger partial charge is 0.506 e. The number of aromatic hydroxyl groups is 2. The van der Waals surface area contributed by atoms with Gasteiger partial charge in [-0.05, 0) is 35.4 Å². The molecule has 0 saturated carbocycles. The van der Waals surface area contributed by atoms with Gasteiger partial charge in [0.15, 0.2) is 23.0 Å². The van der Waals surface area contributed by atoms with E-state index in [0.717, 1.165) is 11.1 Å². The van der Waals surface area contributed by atoms with Crippen molar-refractivity contribution in [1.82, 2.24) is 0 Å². The molecule has 0 aliphatic rings. The Morgan fingerprint density at radius 2 is 0.796 bits per heavy atom. The van der Waals surface area contributed by atoms with E-state index in [2.05, 4.69) is 0 Å². The molecule has 54 heavy (non-hydrogen) atoms. The van der Waals surface area contributed by atoms with Gasteiger partial charge in [-0.3, -0.25) is 0 Å². The number of phenolic OH excluding ortho intramolecular Hbond substituents is 2.